The Kier molecular flexibility index (Phi) is 3.77. The summed E-state index contributed by atoms with van der Waals surface area (Å²) in [6.07, 6.45) is 0. The average Bonchev–Trinajstić information content (AvgIpc) is 2.49. The van der Waals surface area contributed by atoms with E-state index in [-0.39, 0.29) is 4.90 Å². The number of nitrogens with zero attached hydrogens (tertiary/aromatic N) is 1. The van der Waals surface area contributed by atoms with E-state index in [4.69, 9.17) is 23.2 Å². The van der Waals surface area contributed by atoms with Crippen LogP contribution in [0.15, 0.2) is 47.4 Å². The molecule has 0 fully saturated rings. The van der Waals surface area contributed by atoms with Crippen LogP contribution in [-0.4, -0.2) is 13.7 Å². The molecule has 0 bridgehead atoms. The van der Waals surface area contributed by atoms with E-state index in [0.29, 0.717) is 21.3 Å². The molecule has 0 spiro atoms. The molecule has 1 aliphatic rings. The number of nitrogens with one attached hydrogen (secondary N) is 1. The SMILES string of the molecule is N#CC1C(c2ccc(Cl)c(Cl)c2)Nc2ccccc2S1(=O)=O. The summed E-state index contributed by atoms with van der Waals surface area (Å²) >= 11 is 11.9. The van der Waals surface area contributed by atoms with Crippen LogP contribution in [0.1, 0.15) is 11.6 Å². The standard InChI is InChI=1S/C15H10Cl2N2O2S/c16-10-6-5-9(7-11(10)17)15-14(8-18)22(20,21)13-4-2-1-3-12(13)19-15/h1-7,14-15,19H. The van der Waals surface area contributed by atoms with Gasteiger partial charge in [0.1, 0.15) is 0 Å². The van der Waals surface area contributed by atoms with E-state index in [9.17, 15) is 13.7 Å². The molecule has 22 heavy (non-hydrogen) atoms. The molecule has 1 heterocycles. The van der Waals surface area contributed by atoms with Crippen LogP contribution < -0.4 is 5.32 Å². The maximum Gasteiger partial charge on any atom is 0.199 e. The fourth-order valence-electron chi connectivity index (χ4n) is 2.50. The van der Waals surface area contributed by atoms with E-state index in [1.54, 1.807) is 36.4 Å². The van der Waals surface area contributed by atoms with Gasteiger partial charge in [-0.1, -0.05) is 41.4 Å². The molecule has 0 saturated heterocycles. The molecular weight excluding hydrogens is 343 g/mol. The number of para-hydroxylation sites is 1. The number of nitriles is 1. The molecule has 0 aromatic heterocycles. The van der Waals surface area contributed by atoms with E-state index < -0.39 is 21.1 Å². The number of sulfone groups is 1. The van der Waals surface area contributed by atoms with Crippen molar-refractivity contribution in [2.24, 2.45) is 0 Å². The lowest BCUT2D eigenvalue weighted by Gasteiger charge is -2.31. The minimum Gasteiger partial charge on any atom is -0.375 e. The minimum absolute atomic E-state index is 0.137. The van der Waals surface area contributed by atoms with Crippen LogP contribution in [0.4, 0.5) is 5.69 Å². The second-order valence-electron chi connectivity index (χ2n) is 4.89. The van der Waals surface area contributed by atoms with Crippen molar-refractivity contribution in [2.75, 3.05) is 5.32 Å². The summed E-state index contributed by atoms with van der Waals surface area (Å²) in [6.45, 7) is 0. The smallest absolute Gasteiger partial charge is 0.199 e. The Morgan fingerprint density at radius 2 is 1.82 bits per heavy atom. The molecule has 2 aromatic carbocycles. The highest BCUT2D eigenvalue weighted by atomic mass is 35.5. The van der Waals surface area contributed by atoms with Gasteiger partial charge in [-0.15, -0.1) is 0 Å². The van der Waals surface area contributed by atoms with Gasteiger partial charge in [-0.2, -0.15) is 5.26 Å². The molecule has 2 aromatic rings. The molecule has 0 radical (unpaired) electrons. The van der Waals surface area contributed by atoms with Crippen molar-refractivity contribution in [1.29, 1.82) is 5.26 Å². The van der Waals surface area contributed by atoms with E-state index in [1.807, 2.05) is 6.07 Å². The van der Waals surface area contributed by atoms with Crippen LogP contribution in [0.5, 0.6) is 0 Å². The van der Waals surface area contributed by atoms with Crippen LogP contribution in [-0.2, 0) is 9.84 Å². The first-order valence-electron chi connectivity index (χ1n) is 6.39. The van der Waals surface area contributed by atoms with Gasteiger partial charge < -0.3 is 5.32 Å². The van der Waals surface area contributed by atoms with E-state index >= 15 is 0 Å². The number of hydrogen-bond acceptors (Lipinski definition) is 4. The first kappa shape index (κ1) is 15.2. The van der Waals surface area contributed by atoms with Gasteiger partial charge in [0, 0.05) is 0 Å². The number of halogens is 2. The summed E-state index contributed by atoms with van der Waals surface area (Å²) in [4.78, 5) is 0.137. The number of anilines is 1. The third kappa shape index (κ3) is 2.34. The monoisotopic (exact) mass is 352 g/mol. The fraction of sp³-hybridized carbons (Fsp3) is 0.133. The molecule has 0 aliphatic carbocycles. The van der Waals surface area contributed by atoms with Crippen molar-refractivity contribution in [2.45, 2.75) is 16.2 Å². The Balaban J connectivity index is 2.17. The lowest BCUT2D eigenvalue weighted by molar-refractivity contribution is 0.576. The highest BCUT2D eigenvalue weighted by Gasteiger charge is 2.41. The molecule has 2 atom stereocenters. The molecule has 1 N–H and O–H groups in total. The van der Waals surface area contributed by atoms with Gasteiger partial charge in [-0.3, -0.25) is 0 Å². The summed E-state index contributed by atoms with van der Waals surface area (Å²) < 4.78 is 25.3. The lowest BCUT2D eigenvalue weighted by atomic mass is 10.0. The van der Waals surface area contributed by atoms with Crippen molar-refractivity contribution in [3.8, 4) is 6.07 Å². The van der Waals surface area contributed by atoms with Crippen LogP contribution in [0.25, 0.3) is 0 Å². The summed E-state index contributed by atoms with van der Waals surface area (Å²) in [5, 5.41) is 11.9. The number of fused-ring (bicyclic) bond motifs is 1. The number of hydrogen-bond donors (Lipinski definition) is 1. The molecule has 1 aliphatic heterocycles. The largest absolute Gasteiger partial charge is 0.375 e. The Morgan fingerprint density at radius 3 is 2.50 bits per heavy atom. The summed E-state index contributed by atoms with van der Waals surface area (Å²) in [5.41, 5.74) is 1.07. The maximum absolute atomic E-state index is 12.6. The van der Waals surface area contributed by atoms with Crippen molar-refractivity contribution >= 4 is 38.7 Å². The van der Waals surface area contributed by atoms with E-state index in [2.05, 4.69) is 5.32 Å². The van der Waals surface area contributed by atoms with Crippen molar-refractivity contribution in [1.82, 2.24) is 0 Å². The van der Waals surface area contributed by atoms with Crippen LogP contribution >= 0.6 is 23.2 Å². The molecule has 0 amide bonds. The summed E-state index contributed by atoms with van der Waals surface area (Å²) in [6, 6.07) is 12.5. The van der Waals surface area contributed by atoms with Gasteiger partial charge in [-0.25, -0.2) is 8.42 Å². The van der Waals surface area contributed by atoms with Crippen molar-refractivity contribution in [3.63, 3.8) is 0 Å². The van der Waals surface area contributed by atoms with Crippen molar-refractivity contribution < 1.29 is 8.42 Å². The van der Waals surface area contributed by atoms with Gasteiger partial charge in [0.2, 0.25) is 0 Å². The average molecular weight is 353 g/mol. The van der Waals surface area contributed by atoms with Gasteiger partial charge >= 0.3 is 0 Å². The Labute approximate surface area is 138 Å². The normalized spacial score (nSPS) is 22.2. The van der Waals surface area contributed by atoms with Crippen molar-refractivity contribution in [3.05, 3.63) is 58.1 Å². The first-order valence-corrected chi connectivity index (χ1v) is 8.69. The van der Waals surface area contributed by atoms with Crippen LogP contribution in [0.2, 0.25) is 10.0 Å². The zero-order valence-corrected chi connectivity index (χ0v) is 13.5. The highest BCUT2D eigenvalue weighted by molar-refractivity contribution is 7.92. The molecule has 3 rings (SSSR count). The topological polar surface area (TPSA) is 70.0 Å². The molecule has 112 valence electrons. The molecule has 4 nitrogen and oxygen atoms in total. The quantitative estimate of drug-likeness (QED) is 0.846. The third-order valence-electron chi connectivity index (χ3n) is 3.57. The van der Waals surface area contributed by atoms with E-state index in [0.717, 1.165) is 0 Å². The molecule has 2 unspecified atom stereocenters. The Bertz CT molecular complexity index is 891. The predicted octanol–water partition coefficient (Wildman–Crippen LogP) is 3.83. The predicted molar refractivity (Wildman–Crippen MR) is 85.9 cm³/mol. The van der Waals surface area contributed by atoms with Crippen LogP contribution in [0.3, 0.4) is 0 Å². The third-order valence-corrected chi connectivity index (χ3v) is 6.33. The second kappa shape index (κ2) is 5.47. The molecule has 7 heteroatoms. The van der Waals surface area contributed by atoms with E-state index in [1.165, 1.54) is 6.07 Å². The number of rotatable bonds is 1. The molecule has 0 saturated carbocycles. The zero-order valence-electron chi connectivity index (χ0n) is 11.1. The first-order chi connectivity index (χ1) is 10.4. The Morgan fingerprint density at radius 1 is 1.09 bits per heavy atom. The number of benzene rings is 2. The Hall–Kier alpha value is -1.74. The minimum atomic E-state index is -3.75. The fourth-order valence-corrected chi connectivity index (χ4v) is 4.51. The highest BCUT2D eigenvalue weighted by Crippen LogP contribution is 2.39. The second-order valence-corrected chi connectivity index (χ2v) is 7.74. The van der Waals surface area contributed by atoms with Gasteiger partial charge in [-0.05, 0) is 29.8 Å². The molecular formula is C15H10Cl2N2O2S. The maximum atomic E-state index is 12.6. The summed E-state index contributed by atoms with van der Waals surface area (Å²) in [7, 11) is -3.75. The zero-order chi connectivity index (χ0) is 15.9. The van der Waals surface area contributed by atoms with Gasteiger partial charge in [0.15, 0.2) is 15.1 Å². The lowest BCUT2D eigenvalue weighted by Crippen LogP contribution is -2.36. The van der Waals surface area contributed by atoms with Gasteiger partial charge in [0.05, 0.1) is 32.7 Å². The van der Waals surface area contributed by atoms with Crippen LogP contribution in [0, 0.1) is 11.3 Å². The van der Waals surface area contributed by atoms with Gasteiger partial charge in [0.25, 0.3) is 0 Å². The summed E-state index contributed by atoms with van der Waals surface area (Å²) in [5.74, 6) is 0.